The molecule has 1 rings (SSSR count). The highest BCUT2D eigenvalue weighted by atomic mass is 16.5. The van der Waals surface area contributed by atoms with E-state index in [-0.39, 0.29) is 5.91 Å². The predicted molar refractivity (Wildman–Crippen MR) is 70.8 cm³/mol. The van der Waals surface area contributed by atoms with Gasteiger partial charge in [-0.3, -0.25) is 4.79 Å². The van der Waals surface area contributed by atoms with Crippen molar-refractivity contribution in [3.63, 3.8) is 0 Å². The lowest BCUT2D eigenvalue weighted by atomic mass is 10.0. The van der Waals surface area contributed by atoms with Gasteiger partial charge < -0.3 is 15.2 Å². The van der Waals surface area contributed by atoms with Crippen LogP contribution in [0.25, 0.3) is 0 Å². The van der Waals surface area contributed by atoms with E-state index in [1.807, 2.05) is 6.92 Å². The third-order valence-electron chi connectivity index (χ3n) is 2.55. The van der Waals surface area contributed by atoms with Crippen LogP contribution in [0.2, 0.25) is 0 Å². The van der Waals surface area contributed by atoms with Gasteiger partial charge in [-0.05, 0) is 43.2 Å². The summed E-state index contributed by atoms with van der Waals surface area (Å²) in [6.07, 6.45) is -0.798. The highest BCUT2D eigenvalue weighted by molar-refractivity contribution is 5.94. The van der Waals surface area contributed by atoms with Gasteiger partial charge in [0.2, 0.25) is 0 Å². The molecule has 18 heavy (non-hydrogen) atoms. The first-order valence-electron chi connectivity index (χ1n) is 5.80. The summed E-state index contributed by atoms with van der Waals surface area (Å²) in [6.45, 7) is 7.84. The van der Waals surface area contributed by atoms with Crippen molar-refractivity contribution in [2.24, 2.45) is 0 Å². The first kappa shape index (κ1) is 14.3. The van der Waals surface area contributed by atoms with E-state index in [1.54, 1.807) is 25.1 Å². The second-order valence-electron chi connectivity index (χ2n) is 4.10. The summed E-state index contributed by atoms with van der Waals surface area (Å²) in [4.78, 5) is 11.8. The highest BCUT2D eigenvalue weighted by Gasteiger charge is 2.14. The Balaban J connectivity index is 3.16. The minimum Gasteiger partial charge on any atom is -0.497 e. The molecule has 1 aromatic carbocycles. The molecule has 1 amide bonds. The fourth-order valence-corrected chi connectivity index (χ4v) is 1.58. The second kappa shape index (κ2) is 6.21. The van der Waals surface area contributed by atoms with Crippen molar-refractivity contribution in [2.45, 2.75) is 20.0 Å². The quantitative estimate of drug-likeness (QED) is 0.785. The molecule has 4 nitrogen and oxygen atoms in total. The van der Waals surface area contributed by atoms with E-state index in [2.05, 4.69) is 11.9 Å². The molecule has 4 heteroatoms. The molecule has 0 aliphatic rings. The Kier molecular flexibility index (Phi) is 4.92. The fraction of sp³-hybridized carbons (Fsp3) is 0.357. The maximum absolute atomic E-state index is 11.8. The molecule has 0 saturated carbocycles. The van der Waals surface area contributed by atoms with Crippen molar-refractivity contribution in [3.8, 4) is 5.75 Å². The van der Waals surface area contributed by atoms with E-state index in [0.29, 0.717) is 29.0 Å². The molecule has 0 aromatic heterocycles. The number of aliphatic hydroxyl groups excluding tert-OH is 1. The summed E-state index contributed by atoms with van der Waals surface area (Å²) in [5.41, 5.74) is 1.68. The summed E-state index contributed by atoms with van der Waals surface area (Å²) >= 11 is 0. The lowest BCUT2D eigenvalue weighted by Gasteiger charge is -2.14. The van der Waals surface area contributed by atoms with Crippen molar-refractivity contribution < 1.29 is 14.6 Å². The molecule has 0 fully saturated rings. The van der Waals surface area contributed by atoms with Crippen molar-refractivity contribution >= 4 is 5.91 Å². The topological polar surface area (TPSA) is 58.6 Å². The predicted octanol–water partition coefficient (Wildman–Crippen LogP) is 2.05. The lowest BCUT2D eigenvalue weighted by molar-refractivity contribution is 0.0955. The minimum atomic E-state index is -0.798. The number of rotatable bonds is 5. The molecular formula is C14H19NO3. The molecule has 0 bridgehead atoms. The summed E-state index contributed by atoms with van der Waals surface area (Å²) < 4.78 is 5.13. The Hall–Kier alpha value is -1.81. The zero-order chi connectivity index (χ0) is 13.7. The van der Waals surface area contributed by atoms with Crippen LogP contribution in [0, 0.1) is 0 Å². The molecule has 0 aliphatic carbocycles. The minimum absolute atomic E-state index is 0.188. The Bertz CT molecular complexity index is 454. The van der Waals surface area contributed by atoms with Gasteiger partial charge in [0.05, 0.1) is 13.2 Å². The number of ether oxygens (including phenoxy) is 1. The van der Waals surface area contributed by atoms with E-state index in [1.165, 1.54) is 7.11 Å². The van der Waals surface area contributed by atoms with Gasteiger partial charge in [0, 0.05) is 12.1 Å². The number of methoxy groups -OCH3 is 1. The number of nitrogens with one attached hydrogen (secondary N) is 1. The third kappa shape index (κ3) is 3.34. The van der Waals surface area contributed by atoms with E-state index in [0.717, 1.165) is 0 Å². The third-order valence-corrected chi connectivity index (χ3v) is 2.55. The number of benzene rings is 1. The van der Waals surface area contributed by atoms with E-state index >= 15 is 0 Å². The van der Waals surface area contributed by atoms with Gasteiger partial charge >= 0.3 is 0 Å². The summed E-state index contributed by atoms with van der Waals surface area (Å²) in [6, 6.07) is 4.98. The SMILES string of the molecule is C=C(C)C(O)c1cc(OC)cc(C(=O)NCC)c1. The van der Waals surface area contributed by atoms with Crippen LogP contribution in [-0.2, 0) is 0 Å². The lowest BCUT2D eigenvalue weighted by Crippen LogP contribution is -2.23. The molecule has 0 heterocycles. The van der Waals surface area contributed by atoms with Crippen molar-refractivity contribution in [2.75, 3.05) is 13.7 Å². The standard InChI is InChI=1S/C14H19NO3/c1-5-15-14(17)11-6-10(13(16)9(2)3)7-12(8-11)18-4/h6-8,13,16H,2,5H2,1,3-4H3,(H,15,17). The monoisotopic (exact) mass is 249 g/mol. The Morgan fingerprint density at radius 3 is 2.67 bits per heavy atom. The Morgan fingerprint density at radius 2 is 2.17 bits per heavy atom. The fourth-order valence-electron chi connectivity index (χ4n) is 1.58. The molecule has 98 valence electrons. The Morgan fingerprint density at radius 1 is 1.50 bits per heavy atom. The van der Waals surface area contributed by atoms with Crippen molar-refractivity contribution in [1.29, 1.82) is 0 Å². The second-order valence-corrected chi connectivity index (χ2v) is 4.10. The van der Waals surface area contributed by atoms with E-state index in [9.17, 15) is 9.90 Å². The number of amides is 1. The zero-order valence-corrected chi connectivity index (χ0v) is 11.0. The van der Waals surface area contributed by atoms with Crippen LogP contribution in [0.5, 0.6) is 5.75 Å². The number of carbonyl (C=O) groups excluding carboxylic acids is 1. The van der Waals surface area contributed by atoms with Gasteiger partial charge in [-0.1, -0.05) is 6.58 Å². The number of aliphatic hydroxyl groups is 1. The van der Waals surface area contributed by atoms with Crippen LogP contribution in [0.3, 0.4) is 0 Å². The Labute approximate surface area is 107 Å². The van der Waals surface area contributed by atoms with E-state index in [4.69, 9.17) is 4.74 Å². The average molecular weight is 249 g/mol. The van der Waals surface area contributed by atoms with Crippen LogP contribution < -0.4 is 10.1 Å². The maximum Gasteiger partial charge on any atom is 0.251 e. The van der Waals surface area contributed by atoms with Crippen LogP contribution in [0.1, 0.15) is 35.9 Å². The molecule has 0 aliphatic heterocycles. The van der Waals surface area contributed by atoms with Gasteiger partial charge in [-0.15, -0.1) is 0 Å². The summed E-state index contributed by atoms with van der Waals surface area (Å²) in [5, 5.41) is 12.7. The van der Waals surface area contributed by atoms with Gasteiger partial charge in [0.25, 0.3) is 5.91 Å². The molecule has 1 unspecified atom stereocenters. The van der Waals surface area contributed by atoms with Crippen molar-refractivity contribution in [3.05, 3.63) is 41.5 Å². The largest absolute Gasteiger partial charge is 0.497 e. The molecule has 0 radical (unpaired) electrons. The van der Waals surface area contributed by atoms with Gasteiger partial charge in [-0.25, -0.2) is 0 Å². The van der Waals surface area contributed by atoms with Gasteiger partial charge in [-0.2, -0.15) is 0 Å². The maximum atomic E-state index is 11.8. The van der Waals surface area contributed by atoms with Gasteiger partial charge in [0.15, 0.2) is 0 Å². The number of carbonyl (C=O) groups is 1. The molecule has 1 atom stereocenters. The summed E-state index contributed by atoms with van der Waals surface area (Å²) in [5.74, 6) is 0.348. The zero-order valence-electron chi connectivity index (χ0n) is 11.0. The molecule has 1 aromatic rings. The number of hydrogen-bond donors (Lipinski definition) is 2. The molecule has 2 N–H and O–H groups in total. The highest BCUT2D eigenvalue weighted by Crippen LogP contribution is 2.25. The number of hydrogen-bond acceptors (Lipinski definition) is 3. The average Bonchev–Trinajstić information content (AvgIpc) is 2.37. The molecule has 0 spiro atoms. The summed E-state index contributed by atoms with van der Waals surface area (Å²) in [7, 11) is 1.52. The first-order valence-corrected chi connectivity index (χ1v) is 5.80. The van der Waals surface area contributed by atoms with E-state index < -0.39 is 6.10 Å². The molecule has 0 saturated heterocycles. The first-order chi connectivity index (χ1) is 8.49. The smallest absolute Gasteiger partial charge is 0.251 e. The van der Waals surface area contributed by atoms with Crippen LogP contribution >= 0.6 is 0 Å². The van der Waals surface area contributed by atoms with Gasteiger partial charge in [0.1, 0.15) is 5.75 Å². The van der Waals surface area contributed by atoms with Crippen molar-refractivity contribution in [1.82, 2.24) is 5.32 Å². The van der Waals surface area contributed by atoms with Crippen LogP contribution in [-0.4, -0.2) is 24.7 Å². The molecular weight excluding hydrogens is 230 g/mol. The normalized spacial score (nSPS) is 11.8. The van der Waals surface area contributed by atoms with Crippen LogP contribution in [0.15, 0.2) is 30.4 Å². The van der Waals surface area contributed by atoms with Crippen LogP contribution in [0.4, 0.5) is 0 Å².